The highest BCUT2D eigenvalue weighted by atomic mass is 35.5. The van der Waals surface area contributed by atoms with Crippen molar-refractivity contribution in [2.45, 2.75) is 32.1 Å². The average molecular weight is 519 g/mol. The normalized spacial score (nSPS) is 16.9. The third-order valence-corrected chi connectivity index (χ3v) is 8.54. The van der Waals surface area contributed by atoms with Gasteiger partial charge in [-0.3, -0.25) is 15.0 Å². The molecule has 5 rings (SSSR count). The Labute approximate surface area is 222 Å². The Hall–Kier alpha value is -2.85. The number of nitrogens with one attached hydrogen (secondary N) is 1. The summed E-state index contributed by atoms with van der Waals surface area (Å²) >= 11 is 7.67. The zero-order valence-electron chi connectivity index (χ0n) is 20.4. The number of terminal acetylenes is 1. The number of carbonyl (C=O) groups is 1. The van der Waals surface area contributed by atoms with Crippen LogP contribution in [0.25, 0.3) is 11.3 Å². The van der Waals surface area contributed by atoms with Crippen LogP contribution in [0.4, 0.5) is 10.8 Å². The molecule has 0 atom stereocenters. The molecule has 3 aromatic rings. The highest BCUT2D eigenvalue weighted by molar-refractivity contribution is 7.14. The van der Waals surface area contributed by atoms with Crippen LogP contribution in [0, 0.1) is 17.8 Å². The molecule has 1 N–H and O–H groups in total. The fourth-order valence-corrected chi connectivity index (χ4v) is 5.82. The zero-order valence-corrected chi connectivity index (χ0v) is 22.0. The first-order valence-corrected chi connectivity index (χ1v) is 13.8. The molecule has 0 unspecified atom stereocenters. The summed E-state index contributed by atoms with van der Waals surface area (Å²) in [6.45, 7) is 5.34. The Balaban J connectivity index is 1.11. The van der Waals surface area contributed by atoms with Gasteiger partial charge in [0.25, 0.3) is 5.91 Å². The number of nitrogens with zero attached hydrogens (tertiary/aromatic N) is 3. The number of amides is 1. The molecule has 186 valence electrons. The van der Waals surface area contributed by atoms with Crippen molar-refractivity contribution < 1.29 is 4.79 Å². The minimum absolute atomic E-state index is 0.162. The Kier molecular flexibility index (Phi) is 7.62. The van der Waals surface area contributed by atoms with Crippen LogP contribution in [0.1, 0.15) is 42.5 Å². The van der Waals surface area contributed by atoms with E-state index in [9.17, 15) is 4.79 Å². The van der Waals surface area contributed by atoms with E-state index in [0.29, 0.717) is 21.1 Å². The lowest BCUT2D eigenvalue weighted by Gasteiger charge is -2.36. The molecule has 5 nitrogen and oxygen atoms in total. The van der Waals surface area contributed by atoms with E-state index < -0.39 is 0 Å². The second-order valence-electron chi connectivity index (χ2n) is 9.80. The van der Waals surface area contributed by atoms with Gasteiger partial charge in [0.05, 0.1) is 5.69 Å². The minimum Gasteiger partial charge on any atom is -0.369 e. The number of rotatable bonds is 9. The van der Waals surface area contributed by atoms with Crippen LogP contribution in [0.3, 0.4) is 0 Å². The number of halogens is 1. The molecule has 0 bridgehead atoms. The smallest absolute Gasteiger partial charge is 0.257 e. The molecule has 0 spiro atoms. The first-order chi connectivity index (χ1) is 17.5. The van der Waals surface area contributed by atoms with Gasteiger partial charge >= 0.3 is 0 Å². The summed E-state index contributed by atoms with van der Waals surface area (Å²) in [7, 11) is 0. The second kappa shape index (κ2) is 11.0. The van der Waals surface area contributed by atoms with Crippen molar-refractivity contribution in [1.82, 2.24) is 9.88 Å². The highest BCUT2D eigenvalue weighted by Crippen LogP contribution is 2.52. The Morgan fingerprint density at radius 3 is 2.53 bits per heavy atom. The van der Waals surface area contributed by atoms with Crippen molar-refractivity contribution in [3.05, 3.63) is 64.5 Å². The Morgan fingerprint density at radius 2 is 1.83 bits per heavy atom. The molecule has 2 heterocycles. The molecule has 1 saturated carbocycles. The first-order valence-electron chi connectivity index (χ1n) is 12.6. The number of piperazine rings is 1. The lowest BCUT2D eigenvalue weighted by Crippen LogP contribution is -2.47. The van der Waals surface area contributed by atoms with Gasteiger partial charge in [-0.25, -0.2) is 4.98 Å². The van der Waals surface area contributed by atoms with Crippen LogP contribution in [-0.2, 0) is 0 Å². The molecule has 2 aromatic carbocycles. The number of carbonyl (C=O) groups excluding carboxylic acids is 1. The second-order valence-corrected chi connectivity index (χ2v) is 11.1. The quantitative estimate of drug-likeness (QED) is 0.332. The fraction of sp³-hybridized carbons (Fsp3) is 0.379. The van der Waals surface area contributed by atoms with Gasteiger partial charge in [-0.05, 0) is 68.0 Å². The van der Waals surface area contributed by atoms with Crippen LogP contribution in [0.2, 0.25) is 5.02 Å². The average Bonchev–Trinajstić information content (AvgIpc) is 3.54. The van der Waals surface area contributed by atoms with E-state index in [0.717, 1.165) is 49.5 Å². The Morgan fingerprint density at radius 1 is 1.08 bits per heavy atom. The van der Waals surface area contributed by atoms with E-state index in [4.69, 9.17) is 18.0 Å². The Bertz CT molecular complexity index is 1240. The molecular formula is C29H31ClN4OS. The number of benzene rings is 2. The summed E-state index contributed by atoms with van der Waals surface area (Å²) in [5.74, 6) is 2.64. The summed E-state index contributed by atoms with van der Waals surface area (Å²) in [5.41, 5.74) is 3.93. The molecule has 2 fully saturated rings. The van der Waals surface area contributed by atoms with Crippen LogP contribution < -0.4 is 10.2 Å². The fourth-order valence-electron chi connectivity index (χ4n) is 4.88. The third-order valence-electron chi connectivity index (χ3n) is 7.46. The number of anilines is 2. The van der Waals surface area contributed by atoms with Gasteiger partial charge in [0, 0.05) is 59.8 Å². The van der Waals surface area contributed by atoms with Gasteiger partial charge < -0.3 is 4.90 Å². The number of thiazole rings is 1. The number of aromatic nitrogens is 1. The van der Waals surface area contributed by atoms with Gasteiger partial charge in [-0.1, -0.05) is 29.8 Å². The zero-order chi connectivity index (χ0) is 25.0. The molecule has 1 amide bonds. The van der Waals surface area contributed by atoms with Gasteiger partial charge in [0.15, 0.2) is 5.13 Å². The van der Waals surface area contributed by atoms with Crippen molar-refractivity contribution in [2.75, 3.05) is 42.9 Å². The summed E-state index contributed by atoms with van der Waals surface area (Å²) in [6.07, 6.45) is 11.5. The van der Waals surface area contributed by atoms with E-state index in [1.54, 1.807) is 0 Å². The van der Waals surface area contributed by atoms with E-state index in [1.807, 2.05) is 53.9 Å². The molecule has 7 heteroatoms. The van der Waals surface area contributed by atoms with Crippen molar-refractivity contribution in [2.24, 2.45) is 5.41 Å². The van der Waals surface area contributed by atoms with Gasteiger partial charge in [0.2, 0.25) is 0 Å². The van der Waals surface area contributed by atoms with Crippen molar-refractivity contribution in [3.63, 3.8) is 0 Å². The minimum atomic E-state index is -0.162. The lowest BCUT2D eigenvalue weighted by molar-refractivity contribution is 0.102. The molecule has 1 saturated heterocycles. The first kappa shape index (κ1) is 24.8. The van der Waals surface area contributed by atoms with E-state index in [1.165, 1.54) is 43.6 Å². The topological polar surface area (TPSA) is 48.5 Å². The number of hydrogen-bond acceptors (Lipinski definition) is 5. The summed E-state index contributed by atoms with van der Waals surface area (Å²) in [6, 6.07) is 15.4. The molecule has 0 radical (unpaired) electrons. The molecular weight excluding hydrogens is 488 g/mol. The largest absolute Gasteiger partial charge is 0.369 e. The van der Waals surface area contributed by atoms with Crippen molar-refractivity contribution >= 4 is 39.7 Å². The van der Waals surface area contributed by atoms with E-state index in [-0.39, 0.29) is 5.91 Å². The predicted octanol–water partition coefficient (Wildman–Crippen LogP) is 6.42. The molecule has 1 aromatic heterocycles. The van der Waals surface area contributed by atoms with Crippen LogP contribution >= 0.6 is 22.9 Å². The standard InChI is InChI=1S/C29H31ClN4OS/c1-2-3-12-29(13-14-29)15-16-33-17-19-34(20-18-33)23-10-8-22(9-11-23)27(35)32-28-31-26(21-36-28)24-6-4-5-7-25(24)30/h1,4-11,21H,3,12-20H2,(H,31,32,35). The van der Waals surface area contributed by atoms with Crippen LogP contribution in [0.15, 0.2) is 53.9 Å². The maximum atomic E-state index is 12.8. The molecule has 1 aliphatic heterocycles. The van der Waals surface area contributed by atoms with Crippen LogP contribution in [-0.4, -0.2) is 48.5 Å². The summed E-state index contributed by atoms with van der Waals surface area (Å²) in [5, 5.41) is 6.02. The van der Waals surface area contributed by atoms with Crippen LogP contribution in [0.5, 0.6) is 0 Å². The molecule has 2 aliphatic rings. The monoisotopic (exact) mass is 518 g/mol. The van der Waals surface area contributed by atoms with E-state index in [2.05, 4.69) is 26.0 Å². The summed E-state index contributed by atoms with van der Waals surface area (Å²) < 4.78 is 0. The lowest BCUT2D eigenvalue weighted by atomic mass is 9.96. The van der Waals surface area contributed by atoms with E-state index >= 15 is 0 Å². The third kappa shape index (κ3) is 5.92. The molecule has 1 aliphatic carbocycles. The van der Waals surface area contributed by atoms with Gasteiger partial charge in [0.1, 0.15) is 0 Å². The maximum absolute atomic E-state index is 12.8. The van der Waals surface area contributed by atoms with Gasteiger partial charge in [-0.2, -0.15) is 0 Å². The van der Waals surface area contributed by atoms with Gasteiger partial charge in [-0.15, -0.1) is 23.7 Å². The SMILES string of the molecule is C#CCCC1(CCN2CCN(c3ccc(C(=O)Nc4nc(-c5ccccc5Cl)cs4)cc3)CC2)CC1. The maximum Gasteiger partial charge on any atom is 0.257 e. The molecule has 36 heavy (non-hydrogen) atoms. The predicted molar refractivity (Wildman–Crippen MR) is 150 cm³/mol. The summed E-state index contributed by atoms with van der Waals surface area (Å²) in [4.78, 5) is 22.3. The van der Waals surface area contributed by atoms with Crippen molar-refractivity contribution in [1.29, 1.82) is 0 Å². The van der Waals surface area contributed by atoms with Crippen molar-refractivity contribution in [3.8, 4) is 23.6 Å². The number of hydrogen-bond donors (Lipinski definition) is 1. The highest BCUT2D eigenvalue weighted by Gasteiger charge is 2.41.